The zero-order valence-corrected chi connectivity index (χ0v) is 10.6. The van der Waals surface area contributed by atoms with Crippen LogP contribution in [0.1, 0.15) is 33.6 Å². The number of hydrogen-bond donors (Lipinski definition) is 2. The van der Waals surface area contributed by atoms with Gasteiger partial charge in [0.1, 0.15) is 18.0 Å². The van der Waals surface area contributed by atoms with Crippen molar-refractivity contribution in [3.05, 3.63) is 12.4 Å². The van der Waals surface area contributed by atoms with E-state index in [1.807, 2.05) is 6.19 Å². The Bertz CT molecular complexity index is 394. The Kier molecular flexibility index (Phi) is 4.70. The van der Waals surface area contributed by atoms with Crippen molar-refractivity contribution >= 4 is 11.6 Å². The van der Waals surface area contributed by atoms with Gasteiger partial charge in [0.15, 0.2) is 6.19 Å². The molecule has 0 fully saturated rings. The molecule has 0 saturated heterocycles. The van der Waals surface area contributed by atoms with Crippen molar-refractivity contribution in [1.29, 1.82) is 5.26 Å². The molecule has 5 heteroatoms. The van der Waals surface area contributed by atoms with E-state index in [0.717, 1.165) is 18.8 Å². The molecule has 2 N–H and O–H groups in total. The van der Waals surface area contributed by atoms with Gasteiger partial charge in [0.05, 0.1) is 0 Å². The Balaban J connectivity index is 2.57. The van der Waals surface area contributed by atoms with Gasteiger partial charge in [-0.3, -0.25) is 5.32 Å². The van der Waals surface area contributed by atoms with Gasteiger partial charge in [-0.15, -0.1) is 0 Å². The summed E-state index contributed by atoms with van der Waals surface area (Å²) >= 11 is 0. The molecule has 0 bridgehead atoms. The maximum absolute atomic E-state index is 8.50. The first-order valence-corrected chi connectivity index (χ1v) is 5.78. The van der Waals surface area contributed by atoms with Crippen molar-refractivity contribution in [2.75, 3.05) is 17.2 Å². The number of nitriles is 1. The summed E-state index contributed by atoms with van der Waals surface area (Å²) in [5, 5.41) is 14.3. The van der Waals surface area contributed by atoms with Crippen molar-refractivity contribution in [2.24, 2.45) is 5.41 Å². The minimum Gasteiger partial charge on any atom is -0.369 e. The Morgan fingerprint density at radius 3 is 2.71 bits per heavy atom. The number of anilines is 2. The summed E-state index contributed by atoms with van der Waals surface area (Å²) in [7, 11) is 0. The second-order valence-corrected chi connectivity index (χ2v) is 4.79. The van der Waals surface area contributed by atoms with Gasteiger partial charge >= 0.3 is 0 Å². The molecule has 0 radical (unpaired) electrons. The zero-order chi connectivity index (χ0) is 12.7. The summed E-state index contributed by atoms with van der Waals surface area (Å²) < 4.78 is 0. The Hall–Kier alpha value is -1.83. The molecule has 1 aromatic rings. The third kappa shape index (κ3) is 4.68. The van der Waals surface area contributed by atoms with Crippen LogP contribution in [0.3, 0.4) is 0 Å². The lowest BCUT2D eigenvalue weighted by molar-refractivity contribution is 0.354. The Labute approximate surface area is 102 Å². The summed E-state index contributed by atoms with van der Waals surface area (Å²) in [5.74, 6) is 1.25. The molecule has 0 aliphatic heterocycles. The SMILES string of the molecule is CCCC(C)(C)CNc1cc(NC#N)ncn1. The lowest BCUT2D eigenvalue weighted by atomic mass is 9.88. The van der Waals surface area contributed by atoms with Gasteiger partial charge in [-0.25, -0.2) is 9.97 Å². The van der Waals surface area contributed by atoms with Gasteiger partial charge in [0.2, 0.25) is 0 Å². The molecule has 1 aromatic heterocycles. The van der Waals surface area contributed by atoms with E-state index in [1.54, 1.807) is 6.07 Å². The van der Waals surface area contributed by atoms with E-state index in [1.165, 1.54) is 12.7 Å². The molecule has 0 aliphatic rings. The highest BCUT2D eigenvalue weighted by Crippen LogP contribution is 2.22. The minimum absolute atomic E-state index is 0.239. The van der Waals surface area contributed by atoms with Crippen molar-refractivity contribution in [3.63, 3.8) is 0 Å². The smallest absolute Gasteiger partial charge is 0.182 e. The van der Waals surface area contributed by atoms with Crippen LogP contribution in [0.25, 0.3) is 0 Å². The van der Waals surface area contributed by atoms with Crippen LogP contribution in [0.4, 0.5) is 11.6 Å². The molecule has 0 aliphatic carbocycles. The number of nitrogens with one attached hydrogen (secondary N) is 2. The topological polar surface area (TPSA) is 73.6 Å². The molecule has 17 heavy (non-hydrogen) atoms. The van der Waals surface area contributed by atoms with E-state index in [9.17, 15) is 0 Å². The fraction of sp³-hybridized carbons (Fsp3) is 0.583. The molecule has 0 spiro atoms. The van der Waals surface area contributed by atoms with Gasteiger partial charge in [0.25, 0.3) is 0 Å². The zero-order valence-electron chi connectivity index (χ0n) is 10.6. The Morgan fingerprint density at radius 2 is 2.06 bits per heavy atom. The van der Waals surface area contributed by atoms with Gasteiger partial charge in [0, 0.05) is 12.6 Å². The third-order valence-electron chi connectivity index (χ3n) is 2.53. The summed E-state index contributed by atoms with van der Waals surface area (Å²) in [4.78, 5) is 8.04. The molecule has 0 atom stereocenters. The number of hydrogen-bond acceptors (Lipinski definition) is 5. The molecule has 0 amide bonds. The third-order valence-corrected chi connectivity index (χ3v) is 2.53. The highest BCUT2D eigenvalue weighted by atomic mass is 15.1. The number of nitrogens with zero attached hydrogens (tertiary/aromatic N) is 3. The molecule has 0 saturated carbocycles. The number of aromatic nitrogens is 2. The van der Waals surface area contributed by atoms with Crippen LogP contribution in [0, 0.1) is 16.9 Å². The van der Waals surface area contributed by atoms with Gasteiger partial charge < -0.3 is 5.32 Å². The molecular weight excluding hydrogens is 214 g/mol. The predicted molar refractivity (Wildman–Crippen MR) is 68.4 cm³/mol. The summed E-state index contributed by atoms with van der Waals surface area (Å²) in [5.41, 5.74) is 0.239. The first-order valence-electron chi connectivity index (χ1n) is 5.78. The van der Waals surface area contributed by atoms with Crippen LogP contribution in [-0.4, -0.2) is 16.5 Å². The first-order chi connectivity index (χ1) is 8.07. The molecule has 1 heterocycles. The fourth-order valence-electron chi connectivity index (χ4n) is 1.67. The van der Waals surface area contributed by atoms with E-state index >= 15 is 0 Å². The predicted octanol–water partition coefficient (Wildman–Crippen LogP) is 2.61. The van der Waals surface area contributed by atoms with Gasteiger partial charge in [-0.2, -0.15) is 5.26 Å². The first kappa shape index (κ1) is 13.2. The summed E-state index contributed by atoms with van der Waals surface area (Å²) in [6.07, 6.45) is 5.60. The van der Waals surface area contributed by atoms with Crippen LogP contribution in [0.15, 0.2) is 12.4 Å². The fourth-order valence-corrected chi connectivity index (χ4v) is 1.67. The monoisotopic (exact) mass is 233 g/mol. The highest BCUT2D eigenvalue weighted by molar-refractivity contribution is 5.48. The number of rotatable bonds is 6. The average molecular weight is 233 g/mol. The van der Waals surface area contributed by atoms with E-state index in [-0.39, 0.29) is 5.41 Å². The van der Waals surface area contributed by atoms with E-state index in [2.05, 4.69) is 41.4 Å². The minimum atomic E-state index is 0.239. The van der Waals surface area contributed by atoms with Crippen LogP contribution >= 0.6 is 0 Å². The van der Waals surface area contributed by atoms with Crippen molar-refractivity contribution < 1.29 is 0 Å². The normalized spacial score (nSPS) is 10.7. The van der Waals surface area contributed by atoms with Crippen LogP contribution < -0.4 is 10.6 Å². The van der Waals surface area contributed by atoms with Crippen LogP contribution in [0.5, 0.6) is 0 Å². The van der Waals surface area contributed by atoms with Gasteiger partial charge in [-0.05, 0) is 11.8 Å². The maximum Gasteiger partial charge on any atom is 0.182 e. The maximum atomic E-state index is 8.50. The Morgan fingerprint density at radius 1 is 1.35 bits per heavy atom. The molecule has 0 unspecified atom stereocenters. The van der Waals surface area contributed by atoms with E-state index < -0.39 is 0 Å². The lowest BCUT2D eigenvalue weighted by Crippen LogP contribution is -2.23. The van der Waals surface area contributed by atoms with Crippen molar-refractivity contribution in [1.82, 2.24) is 9.97 Å². The summed E-state index contributed by atoms with van der Waals surface area (Å²) in [6.45, 7) is 7.48. The molecule has 1 rings (SSSR count). The molecular formula is C12H19N5. The highest BCUT2D eigenvalue weighted by Gasteiger charge is 2.16. The largest absolute Gasteiger partial charge is 0.369 e. The average Bonchev–Trinajstić information content (AvgIpc) is 2.28. The molecule has 92 valence electrons. The molecule has 5 nitrogen and oxygen atoms in total. The lowest BCUT2D eigenvalue weighted by Gasteiger charge is -2.24. The quantitative estimate of drug-likeness (QED) is 0.583. The summed E-state index contributed by atoms with van der Waals surface area (Å²) in [6, 6.07) is 1.73. The second-order valence-electron chi connectivity index (χ2n) is 4.79. The van der Waals surface area contributed by atoms with Gasteiger partial charge in [-0.1, -0.05) is 27.2 Å². The standard InChI is InChI=1S/C12H19N5/c1-4-5-12(2,3)7-14-10-6-11(15-8-13)17-9-16-10/h6,9H,4-5,7H2,1-3H3,(H2,14,15,16,17). The van der Waals surface area contributed by atoms with E-state index in [4.69, 9.17) is 5.26 Å². The van der Waals surface area contributed by atoms with Crippen molar-refractivity contribution in [2.45, 2.75) is 33.6 Å². The van der Waals surface area contributed by atoms with Crippen molar-refractivity contribution in [3.8, 4) is 6.19 Å². The second kappa shape index (κ2) is 6.04. The van der Waals surface area contributed by atoms with Crippen LogP contribution in [0.2, 0.25) is 0 Å². The van der Waals surface area contributed by atoms with E-state index in [0.29, 0.717) is 5.82 Å². The molecule has 0 aromatic carbocycles. The van der Waals surface area contributed by atoms with Crippen LogP contribution in [-0.2, 0) is 0 Å².